The molecule has 0 unspecified atom stereocenters. The molecule has 0 aliphatic carbocycles. The quantitative estimate of drug-likeness (QED) is 0.593. The number of methoxy groups -OCH3 is 1. The molecule has 0 fully saturated rings. The first-order chi connectivity index (χ1) is 7.36. The molecule has 1 aromatic heterocycles. The Kier molecular flexibility index (Phi) is 1.89. The number of hydrogen-bond acceptors (Lipinski definition) is 2. The van der Waals surface area contributed by atoms with Crippen LogP contribution in [-0.2, 0) is 0 Å². The van der Waals surface area contributed by atoms with E-state index in [1.807, 2.05) is 0 Å². The normalized spacial score (nSPS) is 11.0. The summed E-state index contributed by atoms with van der Waals surface area (Å²) in [5.41, 5.74) is 0. The molecule has 0 aliphatic rings. The van der Waals surface area contributed by atoms with Gasteiger partial charge in [-0.3, -0.25) is 0 Å². The number of rotatable bonds is 1. The molecule has 0 saturated heterocycles. The summed E-state index contributed by atoms with van der Waals surface area (Å²) < 4.78 is 6.53. The van der Waals surface area contributed by atoms with Gasteiger partial charge in [0.1, 0.15) is 0 Å². The third-order valence-corrected chi connectivity index (χ3v) is 3.62. The highest BCUT2D eigenvalue weighted by Gasteiger charge is 2.02. The van der Waals surface area contributed by atoms with Crippen LogP contribution >= 0.6 is 11.3 Å². The van der Waals surface area contributed by atoms with Crippen LogP contribution < -0.4 is 4.74 Å². The zero-order chi connectivity index (χ0) is 10.3. The molecule has 0 N–H and O–H groups in total. The van der Waals surface area contributed by atoms with Gasteiger partial charge in [0.25, 0.3) is 0 Å². The predicted molar refractivity (Wildman–Crippen MR) is 65.9 cm³/mol. The van der Waals surface area contributed by atoms with E-state index in [9.17, 15) is 0 Å². The summed E-state index contributed by atoms with van der Waals surface area (Å²) in [6, 6.07) is 14.9. The average Bonchev–Trinajstić information content (AvgIpc) is 2.67. The lowest BCUT2D eigenvalue weighted by Gasteiger charge is -1.96. The molecule has 0 amide bonds. The third-order valence-electron chi connectivity index (χ3n) is 2.56. The Morgan fingerprint density at radius 1 is 0.933 bits per heavy atom. The SMILES string of the molecule is COc1cc2cc3ccccc3cc2s1. The lowest BCUT2D eigenvalue weighted by Crippen LogP contribution is -1.73. The number of fused-ring (bicyclic) bond motifs is 2. The third kappa shape index (κ3) is 1.38. The summed E-state index contributed by atoms with van der Waals surface area (Å²) in [6.45, 7) is 0. The van der Waals surface area contributed by atoms with Gasteiger partial charge in [-0.05, 0) is 34.4 Å². The maximum Gasteiger partial charge on any atom is 0.174 e. The van der Waals surface area contributed by atoms with E-state index < -0.39 is 0 Å². The van der Waals surface area contributed by atoms with E-state index in [0.29, 0.717) is 0 Å². The van der Waals surface area contributed by atoms with Gasteiger partial charge in [0.05, 0.1) is 7.11 Å². The fourth-order valence-corrected chi connectivity index (χ4v) is 2.71. The smallest absolute Gasteiger partial charge is 0.174 e. The number of ether oxygens (including phenoxy) is 1. The van der Waals surface area contributed by atoms with Crippen molar-refractivity contribution in [1.82, 2.24) is 0 Å². The molecule has 2 heteroatoms. The van der Waals surface area contributed by atoms with Crippen LogP contribution in [0.4, 0.5) is 0 Å². The van der Waals surface area contributed by atoms with E-state index in [4.69, 9.17) is 4.74 Å². The van der Waals surface area contributed by atoms with Crippen LogP contribution in [0.5, 0.6) is 5.06 Å². The van der Waals surface area contributed by atoms with E-state index in [1.165, 1.54) is 20.9 Å². The molecule has 74 valence electrons. The molecule has 0 saturated carbocycles. The van der Waals surface area contributed by atoms with Crippen molar-refractivity contribution in [3.63, 3.8) is 0 Å². The summed E-state index contributed by atoms with van der Waals surface area (Å²) in [7, 11) is 1.71. The van der Waals surface area contributed by atoms with Crippen LogP contribution in [0.3, 0.4) is 0 Å². The Balaban J connectivity index is 2.39. The van der Waals surface area contributed by atoms with Crippen molar-refractivity contribution in [3.8, 4) is 5.06 Å². The fraction of sp³-hybridized carbons (Fsp3) is 0.0769. The van der Waals surface area contributed by atoms with Crippen LogP contribution in [0.15, 0.2) is 42.5 Å². The van der Waals surface area contributed by atoms with E-state index in [1.54, 1.807) is 18.4 Å². The molecule has 3 aromatic rings. The summed E-state index contributed by atoms with van der Waals surface area (Å²) >= 11 is 1.69. The van der Waals surface area contributed by atoms with Gasteiger partial charge in [-0.1, -0.05) is 35.6 Å². The van der Waals surface area contributed by atoms with Crippen LogP contribution in [0.2, 0.25) is 0 Å². The summed E-state index contributed by atoms with van der Waals surface area (Å²) in [6.07, 6.45) is 0. The van der Waals surface area contributed by atoms with Gasteiger partial charge in [0, 0.05) is 4.70 Å². The molecule has 15 heavy (non-hydrogen) atoms. The van der Waals surface area contributed by atoms with Crippen LogP contribution in [0.1, 0.15) is 0 Å². The van der Waals surface area contributed by atoms with Crippen LogP contribution in [0, 0.1) is 0 Å². The first kappa shape index (κ1) is 8.74. The molecule has 1 heterocycles. The molecular formula is C13H10OS. The topological polar surface area (TPSA) is 9.23 Å². The van der Waals surface area contributed by atoms with Gasteiger partial charge in [0.15, 0.2) is 5.06 Å². The first-order valence-corrected chi connectivity index (χ1v) is 5.65. The van der Waals surface area contributed by atoms with Crippen molar-refractivity contribution in [2.45, 2.75) is 0 Å². The molecular weight excluding hydrogens is 204 g/mol. The molecule has 0 radical (unpaired) electrons. The number of hydrogen-bond donors (Lipinski definition) is 0. The monoisotopic (exact) mass is 214 g/mol. The second-order valence-electron chi connectivity index (χ2n) is 3.51. The Hall–Kier alpha value is -1.54. The Morgan fingerprint density at radius 2 is 1.67 bits per heavy atom. The number of thiophene rings is 1. The van der Waals surface area contributed by atoms with E-state index >= 15 is 0 Å². The first-order valence-electron chi connectivity index (χ1n) is 4.83. The number of benzene rings is 2. The minimum atomic E-state index is 0.973. The van der Waals surface area contributed by atoms with Crippen LogP contribution in [0.25, 0.3) is 20.9 Å². The zero-order valence-corrected chi connectivity index (χ0v) is 9.17. The van der Waals surface area contributed by atoms with Crippen LogP contribution in [-0.4, -0.2) is 7.11 Å². The largest absolute Gasteiger partial charge is 0.487 e. The van der Waals surface area contributed by atoms with Gasteiger partial charge in [-0.15, -0.1) is 0 Å². The zero-order valence-electron chi connectivity index (χ0n) is 8.36. The molecule has 0 spiro atoms. The Bertz CT molecular complexity index is 572. The Labute approximate surface area is 91.9 Å². The highest BCUT2D eigenvalue weighted by atomic mass is 32.1. The van der Waals surface area contributed by atoms with Gasteiger partial charge < -0.3 is 4.74 Å². The average molecular weight is 214 g/mol. The Morgan fingerprint density at radius 3 is 2.40 bits per heavy atom. The summed E-state index contributed by atoms with van der Waals surface area (Å²) in [5, 5.41) is 4.80. The molecule has 2 aromatic carbocycles. The predicted octanol–water partition coefficient (Wildman–Crippen LogP) is 4.06. The van der Waals surface area contributed by atoms with Crippen molar-refractivity contribution in [1.29, 1.82) is 0 Å². The van der Waals surface area contributed by atoms with E-state index in [2.05, 4.69) is 42.5 Å². The highest BCUT2D eigenvalue weighted by Crippen LogP contribution is 2.34. The molecule has 0 atom stereocenters. The summed E-state index contributed by atoms with van der Waals surface area (Å²) in [4.78, 5) is 0. The molecule has 3 rings (SSSR count). The van der Waals surface area contributed by atoms with Crippen molar-refractivity contribution >= 4 is 32.2 Å². The fourth-order valence-electron chi connectivity index (χ4n) is 1.80. The lowest BCUT2D eigenvalue weighted by molar-refractivity contribution is 0.427. The standard InChI is InChI=1S/C13H10OS/c1-14-13-8-11-6-9-4-2-3-5-10(9)7-12(11)15-13/h2-8H,1H3. The minimum Gasteiger partial charge on any atom is -0.487 e. The molecule has 1 nitrogen and oxygen atoms in total. The van der Waals surface area contributed by atoms with E-state index in [-0.39, 0.29) is 0 Å². The summed E-state index contributed by atoms with van der Waals surface area (Å²) in [5.74, 6) is 0. The molecule has 0 aliphatic heterocycles. The van der Waals surface area contributed by atoms with Crippen molar-refractivity contribution in [2.75, 3.05) is 7.11 Å². The van der Waals surface area contributed by atoms with Gasteiger partial charge in [-0.2, -0.15) is 0 Å². The second kappa shape index (κ2) is 3.24. The second-order valence-corrected chi connectivity index (χ2v) is 4.55. The minimum absolute atomic E-state index is 0.973. The maximum absolute atomic E-state index is 5.24. The maximum atomic E-state index is 5.24. The van der Waals surface area contributed by atoms with Gasteiger partial charge in [0.2, 0.25) is 0 Å². The van der Waals surface area contributed by atoms with Crippen molar-refractivity contribution < 1.29 is 4.74 Å². The van der Waals surface area contributed by atoms with E-state index in [0.717, 1.165) is 5.06 Å². The van der Waals surface area contributed by atoms with Gasteiger partial charge in [-0.25, -0.2) is 0 Å². The van der Waals surface area contributed by atoms with Gasteiger partial charge >= 0.3 is 0 Å². The highest BCUT2D eigenvalue weighted by molar-refractivity contribution is 7.20. The molecule has 0 bridgehead atoms. The van der Waals surface area contributed by atoms with Crippen molar-refractivity contribution in [3.05, 3.63) is 42.5 Å². The van der Waals surface area contributed by atoms with Crippen molar-refractivity contribution in [2.24, 2.45) is 0 Å². The lowest BCUT2D eigenvalue weighted by atomic mass is 10.1.